The Kier molecular flexibility index (Phi) is 3.31. The molecule has 64 valence electrons. The van der Waals surface area contributed by atoms with E-state index < -0.39 is 0 Å². The van der Waals surface area contributed by atoms with Crippen molar-refractivity contribution in [3.8, 4) is 0 Å². The Balaban J connectivity index is 2.69. The van der Waals surface area contributed by atoms with E-state index in [0.717, 1.165) is 0 Å². The molecule has 1 amide bonds. The number of rotatable bonds is 2. The fourth-order valence-corrected chi connectivity index (χ4v) is 0.915. The van der Waals surface area contributed by atoms with Crippen LogP contribution in [0, 0.1) is 0 Å². The number of aromatic nitrogens is 1. The lowest BCUT2D eigenvalue weighted by molar-refractivity contribution is -0.113. The first kappa shape index (κ1) is 9.29. The number of carbonyl (C=O) groups excluding carboxylic acids is 1. The molecule has 5 heteroatoms. The van der Waals surface area contributed by atoms with Gasteiger partial charge in [-0.2, -0.15) is 0 Å². The van der Waals surface area contributed by atoms with Crippen LogP contribution in [0.25, 0.3) is 0 Å². The van der Waals surface area contributed by atoms with Gasteiger partial charge in [-0.05, 0) is 6.07 Å². The SMILES string of the molecule is O=C(CCl)Nc1cncc(Cl)c1. The lowest BCUT2D eigenvalue weighted by Gasteiger charge is -2.01. The van der Waals surface area contributed by atoms with Gasteiger partial charge >= 0.3 is 0 Å². The molecule has 12 heavy (non-hydrogen) atoms. The molecule has 3 nitrogen and oxygen atoms in total. The molecule has 0 aliphatic carbocycles. The second-order valence-electron chi connectivity index (χ2n) is 2.07. The monoisotopic (exact) mass is 204 g/mol. The minimum atomic E-state index is -0.277. The van der Waals surface area contributed by atoms with Crippen LogP contribution in [0.15, 0.2) is 18.5 Å². The lowest BCUT2D eigenvalue weighted by Crippen LogP contribution is -2.12. The zero-order valence-corrected chi connectivity index (χ0v) is 7.56. The Bertz CT molecular complexity index is 290. The molecular weight excluding hydrogens is 199 g/mol. The Labute approximate surface area is 79.7 Å². The van der Waals surface area contributed by atoms with Gasteiger partial charge in [0.2, 0.25) is 5.91 Å². The molecule has 1 N–H and O–H groups in total. The van der Waals surface area contributed by atoms with E-state index in [2.05, 4.69) is 10.3 Å². The number of anilines is 1. The number of hydrogen-bond donors (Lipinski definition) is 1. The van der Waals surface area contributed by atoms with E-state index >= 15 is 0 Å². The average Bonchev–Trinajstić information content (AvgIpc) is 2.04. The number of amides is 1. The molecule has 1 rings (SSSR count). The van der Waals surface area contributed by atoms with Gasteiger partial charge in [0.15, 0.2) is 0 Å². The van der Waals surface area contributed by atoms with Crippen LogP contribution in [0.1, 0.15) is 0 Å². The molecule has 0 aromatic carbocycles. The van der Waals surface area contributed by atoms with Crippen LogP contribution >= 0.6 is 23.2 Å². The molecule has 0 radical (unpaired) electrons. The summed E-state index contributed by atoms with van der Waals surface area (Å²) in [6.45, 7) is 0. The molecule has 0 aliphatic rings. The lowest BCUT2D eigenvalue weighted by atomic mass is 10.4. The minimum Gasteiger partial charge on any atom is -0.324 e. The summed E-state index contributed by atoms with van der Waals surface area (Å²) < 4.78 is 0. The molecule has 0 spiro atoms. The van der Waals surface area contributed by atoms with Gasteiger partial charge in [0.1, 0.15) is 5.88 Å². The van der Waals surface area contributed by atoms with Crippen molar-refractivity contribution in [3.63, 3.8) is 0 Å². The van der Waals surface area contributed by atoms with Crippen LogP contribution in [0.2, 0.25) is 5.02 Å². The summed E-state index contributed by atoms with van der Waals surface area (Å²) >= 11 is 10.9. The van der Waals surface area contributed by atoms with Crippen molar-refractivity contribution in [1.29, 1.82) is 0 Å². The number of carbonyl (C=O) groups is 1. The quantitative estimate of drug-likeness (QED) is 0.749. The molecule has 0 aliphatic heterocycles. The second-order valence-corrected chi connectivity index (χ2v) is 2.78. The van der Waals surface area contributed by atoms with Crippen molar-refractivity contribution in [3.05, 3.63) is 23.5 Å². The number of halogens is 2. The first-order valence-corrected chi connectivity index (χ1v) is 4.10. The Morgan fingerprint density at radius 3 is 2.92 bits per heavy atom. The van der Waals surface area contributed by atoms with Gasteiger partial charge in [0.05, 0.1) is 16.9 Å². The number of nitrogens with one attached hydrogen (secondary N) is 1. The van der Waals surface area contributed by atoms with Crippen molar-refractivity contribution >= 4 is 34.8 Å². The van der Waals surface area contributed by atoms with Crippen molar-refractivity contribution < 1.29 is 4.79 Å². The minimum absolute atomic E-state index is 0.0769. The van der Waals surface area contributed by atoms with Gasteiger partial charge in [-0.25, -0.2) is 0 Å². The molecule has 0 bridgehead atoms. The van der Waals surface area contributed by atoms with Crippen LogP contribution in [0.3, 0.4) is 0 Å². The Morgan fingerprint density at radius 2 is 2.33 bits per heavy atom. The largest absolute Gasteiger partial charge is 0.324 e. The van der Waals surface area contributed by atoms with Crippen LogP contribution in [-0.2, 0) is 4.79 Å². The highest BCUT2D eigenvalue weighted by Crippen LogP contribution is 2.12. The van der Waals surface area contributed by atoms with E-state index in [-0.39, 0.29) is 11.8 Å². The third kappa shape index (κ3) is 2.68. The van der Waals surface area contributed by atoms with Crippen molar-refractivity contribution in [2.75, 3.05) is 11.2 Å². The Morgan fingerprint density at radius 1 is 1.58 bits per heavy atom. The third-order valence-electron chi connectivity index (χ3n) is 1.11. The molecular formula is C7H6Cl2N2O. The van der Waals surface area contributed by atoms with E-state index in [1.54, 1.807) is 6.07 Å². The second kappa shape index (κ2) is 4.28. The maximum Gasteiger partial charge on any atom is 0.239 e. The van der Waals surface area contributed by atoms with E-state index in [1.165, 1.54) is 12.4 Å². The number of pyridine rings is 1. The predicted molar refractivity (Wildman–Crippen MR) is 48.6 cm³/mol. The molecule has 0 unspecified atom stereocenters. The summed E-state index contributed by atoms with van der Waals surface area (Å²) in [6, 6.07) is 1.60. The van der Waals surface area contributed by atoms with Gasteiger partial charge in [-0.1, -0.05) is 11.6 Å². The van der Waals surface area contributed by atoms with Gasteiger partial charge in [0.25, 0.3) is 0 Å². The van der Waals surface area contributed by atoms with Gasteiger partial charge in [-0.15, -0.1) is 11.6 Å². The fourth-order valence-electron chi connectivity index (χ4n) is 0.675. The number of hydrogen-bond acceptors (Lipinski definition) is 2. The highest BCUT2D eigenvalue weighted by atomic mass is 35.5. The zero-order chi connectivity index (χ0) is 8.97. The van der Waals surface area contributed by atoms with Gasteiger partial charge in [0, 0.05) is 6.20 Å². The van der Waals surface area contributed by atoms with Crippen LogP contribution in [0.4, 0.5) is 5.69 Å². The van der Waals surface area contributed by atoms with E-state index in [4.69, 9.17) is 23.2 Å². The third-order valence-corrected chi connectivity index (χ3v) is 1.56. The zero-order valence-electron chi connectivity index (χ0n) is 6.05. The van der Waals surface area contributed by atoms with E-state index in [1.807, 2.05) is 0 Å². The molecule has 1 heterocycles. The van der Waals surface area contributed by atoms with Crippen molar-refractivity contribution in [2.45, 2.75) is 0 Å². The summed E-state index contributed by atoms with van der Waals surface area (Å²) in [5.74, 6) is -0.354. The van der Waals surface area contributed by atoms with Crippen molar-refractivity contribution in [1.82, 2.24) is 4.98 Å². The van der Waals surface area contributed by atoms with Crippen molar-refractivity contribution in [2.24, 2.45) is 0 Å². The van der Waals surface area contributed by atoms with Crippen LogP contribution in [0.5, 0.6) is 0 Å². The van der Waals surface area contributed by atoms with E-state index in [9.17, 15) is 4.79 Å². The smallest absolute Gasteiger partial charge is 0.239 e. The average molecular weight is 205 g/mol. The maximum atomic E-state index is 10.8. The number of alkyl halides is 1. The summed E-state index contributed by atoms with van der Waals surface area (Å²) in [6.07, 6.45) is 2.98. The fraction of sp³-hybridized carbons (Fsp3) is 0.143. The number of nitrogens with zero attached hydrogens (tertiary/aromatic N) is 1. The molecule has 0 fully saturated rings. The van der Waals surface area contributed by atoms with Gasteiger partial charge < -0.3 is 5.32 Å². The van der Waals surface area contributed by atoms with Gasteiger partial charge in [-0.3, -0.25) is 9.78 Å². The normalized spacial score (nSPS) is 9.50. The molecule has 1 aromatic heterocycles. The summed E-state index contributed by atoms with van der Waals surface area (Å²) in [7, 11) is 0. The summed E-state index contributed by atoms with van der Waals surface area (Å²) in [5, 5.41) is 2.99. The first-order valence-electron chi connectivity index (χ1n) is 3.19. The molecule has 0 atom stereocenters. The van der Waals surface area contributed by atoms with Crippen LogP contribution in [-0.4, -0.2) is 16.8 Å². The Hall–Kier alpha value is -0.800. The topological polar surface area (TPSA) is 42.0 Å². The highest BCUT2D eigenvalue weighted by Gasteiger charge is 1.99. The molecule has 0 saturated heterocycles. The van der Waals surface area contributed by atoms with E-state index in [0.29, 0.717) is 10.7 Å². The maximum absolute atomic E-state index is 10.8. The highest BCUT2D eigenvalue weighted by molar-refractivity contribution is 6.31. The molecule has 1 aromatic rings. The summed E-state index contributed by atoms with van der Waals surface area (Å²) in [4.78, 5) is 14.6. The predicted octanol–water partition coefficient (Wildman–Crippen LogP) is 1.91. The van der Waals surface area contributed by atoms with Crippen LogP contribution < -0.4 is 5.32 Å². The summed E-state index contributed by atoms with van der Waals surface area (Å²) in [5.41, 5.74) is 0.549. The first-order chi connectivity index (χ1) is 5.72. The molecule has 0 saturated carbocycles. The standard InChI is InChI=1S/C7H6Cl2N2O/c8-2-7(12)11-6-1-5(9)3-10-4-6/h1,3-4H,2H2,(H,11,12).